The number of amides is 1. The van der Waals surface area contributed by atoms with Crippen LogP contribution < -0.4 is 5.32 Å². The lowest BCUT2D eigenvalue weighted by Crippen LogP contribution is -2.26. The molecule has 1 atom stereocenters. The number of aliphatic hydroxyl groups is 1. The van der Waals surface area contributed by atoms with Gasteiger partial charge in [-0.3, -0.25) is 9.78 Å². The third-order valence-corrected chi connectivity index (χ3v) is 3.29. The number of carbonyl (C=O) groups is 1. The Bertz CT molecular complexity index is 655. The van der Waals surface area contributed by atoms with Crippen LogP contribution in [0.15, 0.2) is 48.8 Å². The Labute approximate surface area is 138 Å². The van der Waals surface area contributed by atoms with Gasteiger partial charge >= 0.3 is 0 Å². The summed E-state index contributed by atoms with van der Waals surface area (Å²) in [7, 11) is 0. The molecule has 0 fully saturated rings. The normalized spacial score (nSPS) is 12.3. The highest BCUT2D eigenvalue weighted by atomic mass is 35.5. The van der Waals surface area contributed by atoms with Crippen LogP contribution in [-0.2, 0) is 4.79 Å². The van der Waals surface area contributed by atoms with Crippen LogP contribution in [0.5, 0.6) is 0 Å². The van der Waals surface area contributed by atoms with Crippen LogP contribution >= 0.6 is 23.2 Å². The molecule has 1 unspecified atom stereocenters. The molecule has 4 nitrogen and oxygen atoms in total. The van der Waals surface area contributed by atoms with E-state index in [9.17, 15) is 9.90 Å². The maximum absolute atomic E-state index is 11.7. The van der Waals surface area contributed by atoms with E-state index < -0.39 is 6.10 Å². The van der Waals surface area contributed by atoms with Crippen molar-refractivity contribution in [2.24, 2.45) is 0 Å². The molecule has 0 saturated carbocycles. The van der Waals surface area contributed by atoms with Gasteiger partial charge in [0.25, 0.3) is 0 Å². The van der Waals surface area contributed by atoms with E-state index in [2.05, 4.69) is 10.3 Å². The SMILES string of the molecule is O=C(C=Cc1cccnc1)NCC(O)c1cc(Cl)cc(Cl)c1. The van der Waals surface area contributed by atoms with Crippen molar-refractivity contribution in [2.75, 3.05) is 6.54 Å². The molecular formula is C16H14Cl2N2O2. The van der Waals surface area contributed by atoms with Gasteiger partial charge in [0.05, 0.1) is 6.10 Å². The number of aliphatic hydroxyl groups excluding tert-OH is 1. The van der Waals surface area contributed by atoms with Crippen molar-refractivity contribution in [3.05, 3.63) is 70.0 Å². The van der Waals surface area contributed by atoms with Crippen molar-refractivity contribution in [1.29, 1.82) is 0 Å². The van der Waals surface area contributed by atoms with Gasteiger partial charge in [-0.05, 0) is 41.5 Å². The summed E-state index contributed by atoms with van der Waals surface area (Å²) in [6, 6.07) is 8.41. The van der Waals surface area contributed by atoms with E-state index in [4.69, 9.17) is 23.2 Å². The molecule has 22 heavy (non-hydrogen) atoms. The second kappa shape index (κ2) is 7.94. The highest BCUT2D eigenvalue weighted by Crippen LogP contribution is 2.23. The molecule has 1 heterocycles. The van der Waals surface area contributed by atoms with Crippen molar-refractivity contribution >= 4 is 35.2 Å². The first-order valence-corrected chi connectivity index (χ1v) is 7.30. The molecule has 0 radical (unpaired) electrons. The first-order valence-electron chi connectivity index (χ1n) is 6.54. The summed E-state index contributed by atoms with van der Waals surface area (Å²) in [5.74, 6) is -0.309. The number of nitrogens with one attached hydrogen (secondary N) is 1. The predicted molar refractivity (Wildman–Crippen MR) is 87.7 cm³/mol. The van der Waals surface area contributed by atoms with Gasteiger partial charge in [-0.2, -0.15) is 0 Å². The Balaban J connectivity index is 1.89. The maximum atomic E-state index is 11.7. The lowest BCUT2D eigenvalue weighted by Gasteiger charge is -2.12. The summed E-state index contributed by atoms with van der Waals surface area (Å²) in [4.78, 5) is 15.6. The quantitative estimate of drug-likeness (QED) is 0.824. The van der Waals surface area contributed by atoms with Crippen molar-refractivity contribution in [3.63, 3.8) is 0 Å². The molecule has 6 heteroatoms. The summed E-state index contributed by atoms with van der Waals surface area (Å²) >= 11 is 11.7. The highest BCUT2D eigenvalue weighted by Gasteiger charge is 2.10. The maximum Gasteiger partial charge on any atom is 0.244 e. The van der Waals surface area contributed by atoms with Crippen LogP contribution in [-0.4, -0.2) is 22.5 Å². The summed E-state index contributed by atoms with van der Waals surface area (Å²) in [5, 5.41) is 13.5. The van der Waals surface area contributed by atoms with E-state index in [-0.39, 0.29) is 12.5 Å². The fourth-order valence-electron chi connectivity index (χ4n) is 1.79. The molecule has 0 bridgehead atoms. The van der Waals surface area contributed by atoms with Crippen LogP contribution in [0.2, 0.25) is 10.0 Å². The first-order chi connectivity index (χ1) is 10.5. The second-order valence-corrected chi connectivity index (χ2v) is 5.46. The zero-order valence-corrected chi connectivity index (χ0v) is 13.1. The molecule has 1 aromatic carbocycles. The molecular weight excluding hydrogens is 323 g/mol. The number of nitrogens with zero attached hydrogens (tertiary/aromatic N) is 1. The van der Waals surface area contributed by atoms with Gasteiger partial charge in [0.1, 0.15) is 0 Å². The highest BCUT2D eigenvalue weighted by molar-refractivity contribution is 6.34. The van der Waals surface area contributed by atoms with E-state index in [1.54, 1.807) is 42.7 Å². The van der Waals surface area contributed by atoms with Crippen molar-refractivity contribution in [2.45, 2.75) is 6.10 Å². The number of benzene rings is 1. The van der Waals surface area contributed by atoms with Crippen molar-refractivity contribution in [3.8, 4) is 0 Å². The Morgan fingerprint density at radius 2 is 2.05 bits per heavy atom. The van der Waals surface area contributed by atoms with Gasteiger partial charge in [-0.15, -0.1) is 0 Å². The third-order valence-electron chi connectivity index (χ3n) is 2.85. The zero-order valence-electron chi connectivity index (χ0n) is 11.5. The first kappa shape index (κ1) is 16.5. The molecule has 2 rings (SSSR count). The summed E-state index contributed by atoms with van der Waals surface area (Å²) < 4.78 is 0. The molecule has 2 aromatic rings. The Morgan fingerprint density at radius 3 is 2.68 bits per heavy atom. The molecule has 1 amide bonds. The van der Waals surface area contributed by atoms with E-state index in [1.165, 1.54) is 6.08 Å². The summed E-state index contributed by atoms with van der Waals surface area (Å²) in [6.07, 6.45) is 5.45. The molecule has 0 spiro atoms. The van der Waals surface area contributed by atoms with E-state index in [1.807, 2.05) is 6.07 Å². The molecule has 114 valence electrons. The van der Waals surface area contributed by atoms with Crippen LogP contribution in [0, 0.1) is 0 Å². The van der Waals surface area contributed by atoms with Gasteiger partial charge in [0.2, 0.25) is 5.91 Å². The predicted octanol–water partition coefficient (Wildman–Crippen LogP) is 3.25. The number of halogens is 2. The minimum Gasteiger partial charge on any atom is -0.387 e. The van der Waals surface area contributed by atoms with Crippen LogP contribution in [0.25, 0.3) is 6.08 Å². The number of aromatic nitrogens is 1. The number of hydrogen-bond acceptors (Lipinski definition) is 3. The van der Waals surface area contributed by atoms with Crippen molar-refractivity contribution in [1.82, 2.24) is 10.3 Å². The molecule has 0 aliphatic heterocycles. The number of rotatable bonds is 5. The largest absolute Gasteiger partial charge is 0.387 e. The van der Waals surface area contributed by atoms with Crippen molar-refractivity contribution < 1.29 is 9.90 Å². The van der Waals surface area contributed by atoms with Gasteiger partial charge < -0.3 is 10.4 Å². The van der Waals surface area contributed by atoms with E-state index >= 15 is 0 Å². The lowest BCUT2D eigenvalue weighted by atomic mass is 10.1. The monoisotopic (exact) mass is 336 g/mol. The Morgan fingerprint density at radius 1 is 1.32 bits per heavy atom. The molecule has 1 aromatic heterocycles. The van der Waals surface area contributed by atoms with Gasteiger partial charge in [-0.1, -0.05) is 29.3 Å². The average molecular weight is 337 g/mol. The minimum atomic E-state index is -0.882. The number of pyridine rings is 1. The summed E-state index contributed by atoms with van der Waals surface area (Å²) in [5.41, 5.74) is 1.37. The standard InChI is InChI=1S/C16H14Cl2N2O2/c17-13-6-12(7-14(18)8-13)15(21)10-20-16(22)4-3-11-2-1-5-19-9-11/h1-9,15,21H,10H2,(H,20,22). The Hall–Kier alpha value is -1.88. The third kappa shape index (κ3) is 5.15. The molecule has 0 aliphatic carbocycles. The van der Waals surface area contributed by atoms with E-state index in [0.29, 0.717) is 15.6 Å². The van der Waals surface area contributed by atoms with Crippen LogP contribution in [0.4, 0.5) is 0 Å². The lowest BCUT2D eigenvalue weighted by molar-refractivity contribution is -0.116. The number of hydrogen-bond donors (Lipinski definition) is 2. The van der Waals surface area contributed by atoms with Gasteiger partial charge in [0.15, 0.2) is 0 Å². The fraction of sp³-hybridized carbons (Fsp3) is 0.125. The van der Waals surface area contributed by atoms with Crippen LogP contribution in [0.1, 0.15) is 17.2 Å². The van der Waals surface area contributed by atoms with Gasteiger partial charge in [-0.25, -0.2) is 0 Å². The molecule has 0 saturated heterocycles. The molecule has 2 N–H and O–H groups in total. The van der Waals surface area contributed by atoms with Gasteiger partial charge in [0, 0.05) is 35.1 Å². The fourth-order valence-corrected chi connectivity index (χ4v) is 2.33. The van der Waals surface area contributed by atoms with Crippen LogP contribution in [0.3, 0.4) is 0 Å². The van der Waals surface area contributed by atoms with E-state index in [0.717, 1.165) is 5.56 Å². The average Bonchev–Trinajstić information content (AvgIpc) is 2.50. The number of carbonyl (C=O) groups excluding carboxylic acids is 1. The topological polar surface area (TPSA) is 62.2 Å². The summed E-state index contributed by atoms with van der Waals surface area (Å²) in [6.45, 7) is 0.0624. The molecule has 0 aliphatic rings. The second-order valence-electron chi connectivity index (χ2n) is 4.58. The minimum absolute atomic E-state index is 0.0624. The Kier molecular flexibility index (Phi) is 5.95. The zero-order chi connectivity index (χ0) is 15.9. The smallest absolute Gasteiger partial charge is 0.244 e.